The van der Waals surface area contributed by atoms with Crippen molar-refractivity contribution in [3.05, 3.63) is 38.2 Å². The highest BCUT2D eigenvalue weighted by Crippen LogP contribution is 2.40. The van der Waals surface area contributed by atoms with E-state index in [1.54, 1.807) is 19.1 Å². The van der Waals surface area contributed by atoms with Gasteiger partial charge in [0.1, 0.15) is 12.4 Å². The van der Waals surface area contributed by atoms with Gasteiger partial charge in [-0.3, -0.25) is 9.59 Å². The Morgan fingerprint density at radius 2 is 1.97 bits per heavy atom. The lowest BCUT2D eigenvalue weighted by Crippen LogP contribution is -2.40. The van der Waals surface area contributed by atoms with Crippen LogP contribution in [0.15, 0.2) is 27.5 Å². The Labute approximate surface area is 172 Å². The van der Waals surface area contributed by atoms with Gasteiger partial charge in [-0.2, -0.15) is 13.2 Å². The van der Waals surface area contributed by atoms with E-state index in [-0.39, 0.29) is 31.8 Å². The van der Waals surface area contributed by atoms with Crippen LogP contribution in [0.2, 0.25) is 0 Å². The van der Waals surface area contributed by atoms with Crippen LogP contribution in [0.4, 0.5) is 13.2 Å². The second-order valence-corrected chi connectivity index (χ2v) is 7.10. The number of Topliss-reactive ketones (excluding diaryl/α,β-unsaturated/α-hetero) is 1. The van der Waals surface area contributed by atoms with E-state index in [2.05, 4.69) is 26.1 Å². The highest BCUT2D eigenvalue weighted by molar-refractivity contribution is 9.10. The largest absolute Gasteiger partial charge is 0.475 e. The van der Waals surface area contributed by atoms with E-state index in [1.807, 2.05) is 0 Å². The Morgan fingerprint density at radius 3 is 2.62 bits per heavy atom. The first-order valence-electron chi connectivity index (χ1n) is 8.52. The second-order valence-electron chi connectivity index (χ2n) is 6.19. The van der Waals surface area contributed by atoms with Crippen molar-refractivity contribution in [2.75, 3.05) is 13.2 Å². The Morgan fingerprint density at radius 1 is 1.24 bits per heavy atom. The lowest BCUT2D eigenvalue weighted by molar-refractivity contribution is -0.185. The summed E-state index contributed by atoms with van der Waals surface area (Å²) >= 11 is 3.26. The van der Waals surface area contributed by atoms with E-state index >= 15 is 0 Å². The Balaban J connectivity index is 2.06. The molecule has 7 nitrogen and oxygen atoms in total. The molecule has 0 radical (unpaired) electrons. The molecule has 29 heavy (non-hydrogen) atoms. The summed E-state index contributed by atoms with van der Waals surface area (Å²) in [5.74, 6) is -1.44. The molecule has 0 aliphatic carbocycles. The molecule has 1 aliphatic rings. The van der Waals surface area contributed by atoms with Crippen LogP contribution in [0.5, 0.6) is 5.75 Å². The minimum Gasteiger partial charge on any atom is -0.475 e. The summed E-state index contributed by atoms with van der Waals surface area (Å²) in [6.45, 7) is 1.16. The van der Waals surface area contributed by atoms with Gasteiger partial charge in [-0.05, 0) is 37.1 Å². The van der Waals surface area contributed by atoms with Crippen LogP contribution in [-0.2, 0) is 19.2 Å². The molecule has 158 valence electrons. The summed E-state index contributed by atoms with van der Waals surface area (Å²) in [6.07, 6.45) is -6.36. The van der Waals surface area contributed by atoms with Gasteiger partial charge in [0.25, 0.3) is 0 Å². The van der Waals surface area contributed by atoms with Crippen molar-refractivity contribution in [2.45, 2.75) is 38.5 Å². The molecule has 0 fully saturated rings. The smallest absolute Gasteiger partial charge is 0.429 e. The minimum atomic E-state index is -4.79. The van der Waals surface area contributed by atoms with Crippen molar-refractivity contribution in [1.29, 1.82) is 0 Å². The molecule has 0 amide bonds. The molecule has 0 aromatic heterocycles. The Bertz CT molecular complexity index is 825. The number of fused-ring (bicyclic) bond motifs is 1. The summed E-state index contributed by atoms with van der Waals surface area (Å²) < 4.78 is 51.0. The van der Waals surface area contributed by atoms with Gasteiger partial charge in [-0.1, -0.05) is 15.9 Å². The highest BCUT2D eigenvalue weighted by atomic mass is 79.9. The topological polar surface area (TPSA) is 91.3 Å². The average molecular weight is 480 g/mol. The van der Waals surface area contributed by atoms with Crippen molar-refractivity contribution in [3.63, 3.8) is 0 Å². The molecular formula is C18H17BrF3NO6. The monoisotopic (exact) mass is 479 g/mol. The van der Waals surface area contributed by atoms with Gasteiger partial charge in [0.15, 0.2) is 11.1 Å². The number of ketones is 1. The van der Waals surface area contributed by atoms with E-state index in [0.29, 0.717) is 15.6 Å². The van der Waals surface area contributed by atoms with Crippen LogP contribution in [0.1, 0.15) is 30.4 Å². The zero-order valence-electron chi connectivity index (χ0n) is 15.3. The number of halogens is 4. The van der Waals surface area contributed by atoms with Gasteiger partial charge < -0.3 is 14.3 Å². The van der Waals surface area contributed by atoms with Gasteiger partial charge in [-0.25, -0.2) is 0 Å². The van der Waals surface area contributed by atoms with Crippen LogP contribution in [0, 0.1) is 11.8 Å². The fourth-order valence-electron chi connectivity index (χ4n) is 2.71. The van der Waals surface area contributed by atoms with Gasteiger partial charge >= 0.3 is 12.1 Å². The molecule has 0 spiro atoms. The third-order valence-electron chi connectivity index (χ3n) is 3.98. The molecule has 1 aliphatic heterocycles. The molecular weight excluding hydrogens is 463 g/mol. The number of aryl methyl sites for hydroxylation is 1. The van der Waals surface area contributed by atoms with Crippen molar-refractivity contribution in [2.24, 2.45) is 5.34 Å². The number of ether oxygens (including phenoxy) is 2. The molecule has 0 bridgehead atoms. The Hall–Kier alpha value is -2.43. The third-order valence-corrected chi connectivity index (χ3v) is 4.44. The summed E-state index contributed by atoms with van der Waals surface area (Å²) in [4.78, 5) is 37.8. The van der Waals surface area contributed by atoms with Gasteiger partial charge in [-0.15, -0.1) is 4.91 Å². The third kappa shape index (κ3) is 6.28. The number of carbonyl (C=O) groups excluding carboxylic acids is 2. The van der Waals surface area contributed by atoms with E-state index in [4.69, 9.17) is 9.47 Å². The number of esters is 1. The number of benzene rings is 1. The lowest BCUT2D eigenvalue weighted by Gasteiger charge is -2.29. The molecule has 0 saturated heterocycles. The van der Waals surface area contributed by atoms with Crippen molar-refractivity contribution < 1.29 is 37.1 Å². The number of hydrogen-bond acceptors (Lipinski definition) is 7. The number of alkyl halides is 3. The average Bonchev–Trinajstić information content (AvgIpc) is 2.63. The molecule has 1 aromatic rings. The van der Waals surface area contributed by atoms with E-state index < -0.39 is 36.0 Å². The van der Waals surface area contributed by atoms with Crippen LogP contribution in [-0.4, -0.2) is 37.2 Å². The number of carbonyl (C=O) groups is 2. The number of hydrogen-bond donors (Lipinski definition) is 0. The summed E-state index contributed by atoms with van der Waals surface area (Å²) in [7, 11) is 0. The molecule has 11 heteroatoms. The van der Waals surface area contributed by atoms with Crippen molar-refractivity contribution in [1.82, 2.24) is 0 Å². The lowest BCUT2D eigenvalue weighted by atomic mass is 9.95. The minimum absolute atomic E-state index is 0.0607. The molecule has 2 rings (SSSR count). The molecule has 1 unspecified atom stereocenters. The first kappa shape index (κ1) is 22.9. The Kier molecular flexibility index (Phi) is 7.77. The summed E-state index contributed by atoms with van der Waals surface area (Å²) in [6, 6.07) is 3.17. The quantitative estimate of drug-likeness (QED) is 0.225. The van der Waals surface area contributed by atoms with Gasteiger partial charge in [0, 0.05) is 28.5 Å². The maximum atomic E-state index is 13.5. The SMILES string of the molecule is Cc1cc(Br)cc2c1OC(C(F)(F)F)C(C(=O)CCOC(=O)CCCON=O)=C2. The van der Waals surface area contributed by atoms with Crippen LogP contribution < -0.4 is 4.74 Å². The van der Waals surface area contributed by atoms with Gasteiger partial charge in [0.05, 0.1) is 6.61 Å². The standard InChI is InChI=1S/C18H17BrF3NO6/c1-10-7-12(19)8-11-9-13(17(18(20,21)22)29-16(10)11)14(24)4-6-27-15(25)3-2-5-28-23-26/h7-9,17H,2-6H2,1H3. The predicted molar refractivity (Wildman–Crippen MR) is 98.9 cm³/mol. The second kappa shape index (κ2) is 9.86. The summed E-state index contributed by atoms with van der Waals surface area (Å²) in [5, 5.41) is 2.16. The van der Waals surface area contributed by atoms with E-state index in [0.717, 1.165) is 6.08 Å². The molecule has 0 N–H and O–H groups in total. The first-order valence-corrected chi connectivity index (χ1v) is 9.31. The van der Waals surface area contributed by atoms with Crippen LogP contribution >= 0.6 is 15.9 Å². The van der Waals surface area contributed by atoms with E-state index in [1.165, 1.54) is 0 Å². The number of nitrogens with zero attached hydrogens (tertiary/aromatic N) is 1. The maximum Gasteiger partial charge on any atom is 0.429 e. The first-order chi connectivity index (χ1) is 13.6. The van der Waals surface area contributed by atoms with Crippen LogP contribution in [0.3, 0.4) is 0 Å². The van der Waals surface area contributed by atoms with Gasteiger partial charge in [0.2, 0.25) is 6.10 Å². The van der Waals surface area contributed by atoms with Crippen molar-refractivity contribution in [3.8, 4) is 5.75 Å². The fraction of sp³-hybridized carbons (Fsp3) is 0.444. The predicted octanol–water partition coefficient (Wildman–Crippen LogP) is 4.44. The fourth-order valence-corrected chi connectivity index (χ4v) is 3.30. The van der Waals surface area contributed by atoms with Crippen molar-refractivity contribution >= 4 is 33.8 Å². The maximum absolute atomic E-state index is 13.5. The number of rotatable bonds is 9. The molecule has 0 saturated carbocycles. The molecule has 1 aromatic carbocycles. The molecule has 1 atom stereocenters. The summed E-state index contributed by atoms with van der Waals surface area (Å²) in [5.41, 5.74) is 0.291. The molecule has 1 heterocycles. The normalized spacial score (nSPS) is 15.6. The zero-order chi connectivity index (χ0) is 21.6. The van der Waals surface area contributed by atoms with Crippen LogP contribution in [0.25, 0.3) is 6.08 Å². The van der Waals surface area contributed by atoms with E-state index in [9.17, 15) is 27.7 Å². The zero-order valence-corrected chi connectivity index (χ0v) is 16.8. The highest BCUT2D eigenvalue weighted by Gasteiger charge is 2.48.